The maximum Gasteiger partial charge on any atom is 0.230 e. The molecule has 1 amide bonds. The van der Waals surface area contributed by atoms with Gasteiger partial charge in [-0.05, 0) is 49.9 Å². The van der Waals surface area contributed by atoms with E-state index >= 15 is 0 Å². The van der Waals surface area contributed by atoms with Gasteiger partial charge in [0.2, 0.25) is 5.91 Å². The second kappa shape index (κ2) is 8.58. The van der Waals surface area contributed by atoms with Crippen LogP contribution in [0.15, 0.2) is 23.4 Å². The molecule has 0 aliphatic heterocycles. The number of aromatic nitrogens is 3. The van der Waals surface area contributed by atoms with Crippen molar-refractivity contribution in [2.45, 2.75) is 57.3 Å². The molecule has 0 radical (unpaired) electrons. The molecule has 140 valence electrons. The van der Waals surface area contributed by atoms with E-state index in [0.29, 0.717) is 18.4 Å². The fourth-order valence-corrected chi connectivity index (χ4v) is 3.76. The molecule has 6 nitrogen and oxygen atoms in total. The molecule has 7 heteroatoms. The molecule has 1 aromatic carbocycles. The zero-order valence-corrected chi connectivity index (χ0v) is 16.4. The lowest BCUT2D eigenvalue weighted by molar-refractivity contribution is -0.119. The van der Waals surface area contributed by atoms with E-state index in [1.165, 1.54) is 35.7 Å². The van der Waals surface area contributed by atoms with Gasteiger partial charge in [0.1, 0.15) is 12.4 Å². The Balaban J connectivity index is 1.50. The molecule has 0 saturated heterocycles. The van der Waals surface area contributed by atoms with Crippen molar-refractivity contribution in [1.29, 1.82) is 0 Å². The molecule has 0 spiro atoms. The lowest BCUT2D eigenvalue weighted by Gasteiger charge is -2.11. The smallest absolute Gasteiger partial charge is 0.230 e. The summed E-state index contributed by atoms with van der Waals surface area (Å²) in [6.45, 7) is 4.49. The SMILES string of the molecule is Cc1ccc(OCc2nnc(SCC(=O)NC3CCCC3)n2C)cc1C. The van der Waals surface area contributed by atoms with Crippen LogP contribution in [-0.4, -0.2) is 32.5 Å². The Hall–Kier alpha value is -2.02. The van der Waals surface area contributed by atoms with Crippen molar-refractivity contribution >= 4 is 17.7 Å². The largest absolute Gasteiger partial charge is 0.486 e. The van der Waals surface area contributed by atoms with E-state index in [4.69, 9.17) is 4.74 Å². The Morgan fingerprint density at radius 2 is 2.04 bits per heavy atom. The maximum absolute atomic E-state index is 12.0. The van der Waals surface area contributed by atoms with Gasteiger partial charge in [0.25, 0.3) is 0 Å². The van der Waals surface area contributed by atoms with Crippen LogP contribution in [0.4, 0.5) is 0 Å². The van der Waals surface area contributed by atoms with Crippen molar-refractivity contribution in [1.82, 2.24) is 20.1 Å². The second-order valence-electron chi connectivity index (χ2n) is 6.83. The monoisotopic (exact) mass is 374 g/mol. The van der Waals surface area contributed by atoms with Crippen LogP contribution in [0, 0.1) is 13.8 Å². The molecule has 3 rings (SSSR count). The van der Waals surface area contributed by atoms with Crippen LogP contribution in [0.25, 0.3) is 0 Å². The van der Waals surface area contributed by atoms with Crippen LogP contribution in [0.1, 0.15) is 42.6 Å². The van der Waals surface area contributed by atoms with E-state index in [-0.39, 0.29) is 5.91 Å². The molecule has 1 fully saturated rings. The second-order valence-corrected chi connectivity index (χ2v) is 7.77. The first kappa shape index (κ1) is 18.8. The van der Waals surface area contributed by atoms with Crippen LogP contribution < -0.4 is 10.1 Å². The van der Waals surface area contributed by atoms with Gasteiger partial charge in [-0.1, -0.05) is 30.7 Å². The molecule has 1 aromatic heterocycles. The standard InChI is InChI=1S/C19H26N4O2S/c1-13-8-9-16(10-14(13)2)25-11-17-21-22-19(23(17)3)26-12-18(24)20-15-6-4-5-7-15/h8-10,15H,4-7,11-12H2,1-3H3,(H,20,24). The average molecular weight is 375 g/mol. The molecule has 1 aliphatic rings. The van der Waals surface area contributed by atoms with E-state index in [0.717, 1.165) is 29.6 Å². The number of thioether (sulfide) groups is 1. The van der Waals surface area contributed by atoms with Crippen LogP contribution in [0.3, 0.4) is 0 Å². The van der Waals surface area contributed by atoms with Crippen LogP contribution in [-0.2, 0) is 18.4 Å². The maximum atomic E-state index is 12.0. The summed E-state index contributed by atoms with van der Waals surface area (Å²) in [7, 11) is 1.90. The number of rotatable bonds is 7. The molecule has 26 heavy (non-hydrogen) atoms. The minimum Gasteiger partial charge on any atom is -0.486 e. The summed E-state index contributed by atoms with van der Waals surface area (Å²) >= 11 is 1.41. The van der Waals surface area contributed by atoms with Gasteiger partial charge in [-0.3, -0.25) is 4.79 Å². The number of amides is 1. The molecular formula is C19H26N4O2S. The zero-order valence-electron chi connectivity index (χ0n) is 15.6. The molecule has 1 heterocycles. The number of hydrogen-bond donors (Lipinski definition) is 1. The third-order valence-electron chi connectivity index (χ3n) is 4.82. The van der Waals surface area contributed by atoms with E-state index < -0.39 is 0 Å². The highest BCUT2D eigenvalue weighted by atomic mass is 32.2. The quantitative estimate of drug-likeness (QED) is 0.754. The van der Waals surface area contributed by atoms with Crippen LogP contribution >= 0.6 is 11.8 Å². The third kappa shape index (κ3) is 4.78. The number of ether oxygens (including phenoxy) is 1. The normalized spacial score (nSPS) is 14.6. The zero-order chi connectivity index (χ0) is 18.5. The summed E-state index contributed by atoms with van der Waals surface area (Å²) in [6.07, 6.45) is 4.62. The lowest BCUT2D eigenvalue weighted by atomic mass is 10.1. The summed E-state index contributed by atoms with van der Waals surface area (Å²) in [6, 6.07) is 6.38. The van der Waals surface area contributed by atoms with Gasteiger partial charge in [0.05, 0.1) is 5.75 Å². The summed E-state index contributed by atoms with van der Waals surface area (Å²) in [5.74, 6) is 1.99. The minimum atomic E-state index is 0.0674. The fourth-order valence-electron chi connectivity index (χ4n) is 3.02. The molecule has 0 unspecified atom stereocenters. The van der Waals surface area contributed by atoms with Crippen molar-refractivity contribution < 1.29 is 9.53 Å². The van der Waals surface area contributed by atoms with Crippen molar-refractivity contribution in [3.63, 3.8) is 0 Å². The third-order valence-corrected chi connectivity index (χ3v) is 5.84. The van der Waals surface area contributed by atoms with E-state index in [1.54, 1.807) is 0 Å². The van der Waals surface area contributed by atoms with Gasteiger partial charge in [0.15, 0.2) is 11.0 Å². The minimum absolute atomic E-state index is 0.0674. The van der Waals surface area contributed by atoms with E-state index in [1.807, 2.05) is 29.8 Å². The van der Waals surface area contributed by atoms with Crippen LogP contribution in [0.5, 0.6) is 5.75 Å². The Bertz CT molecular complexity index is 769. The molecule has 0 bridgehead atoms. The van der Waals surface area contributed by atoms with Gasteiger partial charge in [-0.2, -0.15) is 0 Å². The van der Waals surface area contributed by atoms with Crippen molar-refractivity contribution in [2.24, 2.45) is 7.05 Å². The molecule has 0 atom stereocenters. The number of carbonyl (C=O) groups is 1. The Labute approximate surface area is 158 Å². The Morgan fingerprint density at radius 3 is 2.77 bits per heavy atom. The number of nitrogens with zero attached hydrogens (tertiary/aromatic N) is 3. The lowest BCUT2D eigenvalue weighted by Crippen LogP contribution is -2.33. The van der Waals surface area contributed by atoms with Gasteiger partial charge in [-0.15, -0.1) is 10.2 Å². The van der Waals surface area contributed by atoms with Gasteiger partial charge in [0, 0.05) is 13.1 Å². The Morgan fingerprint density at radius 1 is 1.27 bits per heavy atom. The van der Waals surface area contributed by atoms with E-state index in [2.05, 4.69) is 29.4 Å². The highest BCUT2D eigenvalue weighted by Gasteiger charge is 2.18. The average Bonchev–Trinajstić information content (AvgIpc) is 3.24. The number of nitrogens with one attached hydrogen (secondary N) is 1. The first-order valence-corrected chi connectivity index (χ1v) is 10.0. The first-order chi connectivity index (χ1) is 12.5. The predicted octanol–water partition coefficient (Wildman–Crippen LogP) is 3.16. The number of carbonyl (C=O) groups excluding carboxylic acids is 1. The van der Waals surface area contributed by atoms with Gasteiger partial charge in [-0.25, -0.2) is 0 Å². The van der Waals surface area contributed by atoms with Gasteiger partial charge < -0.3 is 14.6 Å². The van der Waals surface area contributed by atoms with E-state index in [9.17, 15) is 4.79 Å². The number of benzene rings is 1. The van der Waals surface area contributed by atoms with Crippen molar-refractivity contribution in [3.05, 3.63) is 35.2 Å². The summed E-state index contributed by atoms with van der Waals surface area (Å²) in [5.41, 5.74) is 2.44. The Kier molecular flexibility index (Phi) is 6.19. The topological polar surface area (TPSA) is 69.0 Å². The molecule has 2 aromatic rings. The summed E-state index contributed by atoms with van der Waals surface area (Å²) < 4.78 is 7.71. The molecule has 1 N–H and O–H groups in total. The fraction of sp³-hybridized carbons (Fsp3) is 0.526. The molecule has 1 aliphatic carbocycles. The number of hydrogen-bond acceptors (Lipinski definition) is 5. The summed E-state index contributed by atoms with van der Waals surface area (Å²) in [4.78, 5) is 12.0. The van der Waals surface area contributed by atoms with Crippen molar-refractivity contribution in [3.8, 4) is 5.75 Å². The molecular weight excluding hydrogens is 348 g/mol. The van der Waals surface area contributed by atoms with Gasteiger partial charge >= 0.3 is 0 Å². The molecule has 1 saturated carbocycles. The number of aryl methyl sites for hydroxylation is 2. The highest BCUT2D eigenvalue weighted by molar-refractivity contribution is 7.99. The first-order valence-electron chi connectivity index (χ1n) is 9.03. The predicted molar refractivity (Wildman–Crippen MR) is 102 cm³/mol. The van der Waals surface area contributed by atoms with Crippen LogP contribution in [0.2, 0.25) is 0 Å². The summed E-state index contributed by atoms with van der Waals surface area (Å²) in [5, 5.41) is 12.2. The van der Waals surface area contributed by atoms with Crippen molar-refractivity contribution in [2.75, 3.05) is 5.75 Å². The highest BCUT2D eigenvalue weighted by Crippen LogP contribution is 2.20.